The minimum atomic E-state index is -1.01. The number of rotatable bonds is 8. The zero-order valence-electron chi connectivity index (χ0n) is 23.7. The molecule has 1 aliphatic heterocycles. The third kappa shape index (κ3) is 5.22. The lowest BCUT2D eigenvalue weighted by Gasteiger charge is -2.27. The summed E-state index contributed by atoms with van der Waals surface area (Å²) in [4.78, 5) is 21.4. The fourth-order valence-corrected chi connectivity index (χ4v) is 5.90. The number of carbonyl (C=O) groups is 1. The van der Waals surface area contributed by atoms with Crippen LogP contribution < -0.4 is 0 Å². The van der Waals surface area contributed by atoms with Gasteiger partial charge in [0.1, 0.15) is 23.1 Å². The Morgan fingerprint density at radius 3 is 2.55 bits per heavy atom. The molecule has 222 valence electrons. The van der Waals surface area contributed by atoms with Gasteiger partial charge in [0, 0.05) is 40.8 Å². The van der Waals surface area contributed by atoms with Crippen LogP contribution in [0.5, 0.6) is 0 Å². The molecule has 0 saturated carbocycles. The molecule has 3 aromatic heterocycles. The Morgan fingerprint density at radius 2 is 1.82 bits per heavy atom. The van der Waals surface area contributed by atoms with Gasteiger partial charge in [-0.25, -0.2) is 23.5 Å². The number of aromatic nitrogens is 4. The Bertz CT molecular complexity index is 2080. The summed E-state index contributed by atoms with van der Waals surface area (Å²) in [5, 5.41) is 10.8. The highest BCUT2D eigenvalue weighted by atomic mass is 35.5. The van der Waals surface area contributed by atoms with Gasteiger partial charge in [0.05, 0.1) is 41.5 Å². The summed E-state index contributed by atoms with van der Waals surface area (Å²) in [6, 6.07) is 18.5. The zero-order valence-corrected chi connectivity index (χ0v) is 24.5. The van der Waals surface area contributed by atoms with Gasteiger partial charge in [-0.05, 0) is 73.0 Å². The predicted molar refractivity (Wildman–Crippen MR) is 164 cm³/mol. The van der Waals surface area contributed by atoms with Crippen LogP contribution in [0.25, 0.3) is 33.3 Å². The average molecular weight is 613 g/mol. The van der Waals surface area contributed by atoms with Crippen LogP contribution in [0, 0.1) is 18.6 Å². The predicted octanol–water partition coefficient (Wildman–Crippen LogP) is 7.42. The molecule has 10 heteroatoms. The number of hydrogen-bond donors (Lipinski definition) is 1. The average Bonchev–Trinajstić information content (AvgIpc) is 3.53. The first-order valence-corrected chi connectivity index (χ1v) is 14.6. The second kappa shape index (κ2) is 11.2. The van der Waals surface area contributed by atoms with E-state index in [-0.39, 0.29) is 30.5 Å². The van der Waals surface area contributed by atoms with E-state index < -0.39 is 11.8 Å². The van der Waals surface area contributed by atoms with Gasteiger partial charge in [0.25, 0.3) is 0 Å². The number of nitrogens with zero attached hydrogens (tertiary/aromatic N) is 4. The standard InChI is InChI=1S/C34H27ClF2N4O3/c1-19-12-24(34(42)43)14-30-32(19)39-31(41(30)18-26-9-11-44-26)15-21-2-3-22(13-27(21)36)29-7-5-20-8-10-40(33(20)38-29)17-23-4-6-25(35)16-28(23)37/h2-8,10,12-14,16,26H,9,11,15,17-18H2,1H3,(H,42,43)/t26-/m0/s1. The first-order valence-electron chi connectivity index (χ1n) is 14.3. The number of carboxylic acids is 1. The Labute approximate surface area is 256 Å². The molecule has 1 fully saturated rings. The topological polar surface area (TPSA) is 82.2 Å². The first-order chi connectivity index (χ1) is 21.2. The lowest BCUT2D eigenvalue weighted by molar-refractivity contribution is -0.0589. The van der Waals surface area contributed by atoms with Crippen LogP contribution in [0.3, 0.4) is 0 Å². The molecule has 1 atom stereocenters. The molecular weight excluding hydrogens is 586 g/mol. The van der Waals surface area contributed by atoms with Gasteiger partial charge < -0.3 is 19.0 Å². The van der Waals surface area contributed by atoms with Gasteiger partial charge in [0.2, 0.25) is 0 Å². The summed E-state index contributed by atoms with van der Waals surface area (Å²) in [6.07, 6.45) is 2.97. The Morgan fingerprint density at radius 1 is 1.02 bits per heavy atom. The van der Waals surface area contributed by atoms with Crippen molar-refractivity contribution < 1.29 is 23.4 Å². The molecule has 0 unspecified atom stereocenters. The van der Waals surface area contributed by atoms with Gasteiger partial charge in [-0.1, -0.05) is 29.8 Å². The number of pyridine rings is 1. The third-order valence-electron chi connectivity index (χ3n) is 8.21. The monoisotopic (exact) mass is 612 g/mol. The van der Waals surface area contributed by atoms with E-state index in [4.69, 9.17) is 26.3 Å². The summed E-state index contributed by atoms with van der Waals surface area (Å²) < 4.78 is 39.6. The lowest BCUT2D eigenvalue weighted by atomic mass is 10.0. The van der Waals surface area contributed by atoms with E-state index in [0.717, 1.165) is 17.4 Å². The SMILES string of the molecule is Cc1cc(C(=O)O)cc2c1nc(Cc1ccc(-c3ccc4ccn(Cc5ccc(Cl)cc5F)c4n3)cc1F)n2C[C@@H]1CCO1. The third-order valence-corrected chi connectivity index (χ3v) is 8.45. The van der Waals surface area contributed by atoms with Crippen molar-refractivity contribution in [1.82, 2.24) is 19.1 Å². The van der Waals surface area contributed by atoms with Crippen LogP contribution in [0.15, 0.2) is 72.9 Å². The second-order valence-corrected chi connectivity index (χ2v) is 11.6. The molecule has 0 aliphatic carbocycles. The van der Waals surface area contributed by atoms with Crippen molar-refractivity contribution >= 4 is 39.6 Å². The molecule has 0 spiro atoms. The largest absolute Gasteiger partial charge is 0.478 e. The smallest absolute Gasteiger partial charge is 0.335 e. The van der Waals surface area contributed by atoms with E-state index in [2.05, 4.69) is 0 Å². The van der Waals surface area contributed by atoms with E-state index in [0.29, 0.717) is 63.1 Å². The van der Waals surface area contributed by atoms with Crippen molar-refractivity contribution in [3.05, 3.63) is 118 Å². The van der Waals surface area contributed by atoms with E-state index in [9.17, 15) is 14.3 Å². The molecule has 4 heterocycles. The second-order valence-electron chi connectivity index (χ2n) is 11.2. The molecule has 0 amide bonds. The molecule has 7 nitrogen and oxygen atoms in total. The van der Waals surface area contributed by atoms with E-state index in [1.165, 1.54) is 12.1 Å². The highest BCUT2D eigenvalue weighted by Gasteiger charge is 2.24. The molecule has 1 saturated heterocycles. The van der Waals surface area contributed by atoms with Crippen LogP contribution in [-0.2, 0) is 24.2 Å². The number of benzene rings is 3. The Balaban J connectivity index is 1.20. The van der Waals surface area contributed by atoms with Gasteiger partial charge >= 0.3 is 5.97 Å². The van der Waals surface area contributed by atoms with E-state index >= 15 is 4.39 Å². The number of aromatic carboxylic acids is 1. The quantitative estimate of drug-likeness (QED) is 0.193. The maximum Gasteiger partial charge on any atom is 0.335 e. The number of imidazole rings is 1. The Hall–Kier alpha value is -4.60. The lowest BCUT2D eigenvalue weighted by Crippen LogP contribution is -2.31. The van der Waals surface area contributed by atoms with Crippen LogP contribution in [0.1, 0.15) is 39.3 Å². The zero-order chi connectivity index (χ0) is 30.5. The molecule has 6 aromatic rings. The first kappa shape index (κ1) is 28.2. The number of hydrogen-bond acceptors (Lipinski definition) is 4. The van der Waals surface area contributed by atoms with Crippen molar-refractivity contribution in [2.45, 2.75) is 39.0 Å². The van der Waals surface area contributed by atoms with E-state index in [1.807, 2.05) is 46.5 Å². The normalized spacial score (nSPS) is 14.8. The number of carboxylic acid groups (broad SMARTS) is 1. The van der Waals surface area contributed by atoms with Crippen LogP contribution in [0.4, 0.5) is 8.78 Å². The highest BCUT2D eigenvalue weighted by Crippen LogP contribution is 2.29. The van der Waals surface area contributed by atoms with Crippen molar-refractivity contribution in [2.75, 3.05) is 6.61 Å². The fourth-order valence-electron chi connectivity index (χ4n) is 5.74. The number of halogens is 3. The minimum Gasteiger partial charge on any atom is -0.478 e. The molecule has 7 rings (SSSR count). The molecule has 1 aliphatic rings. The van der Waals surface area contributed by atoms with Gasteiger partial charge in [-0.15, -0.1) is 0 Å². The van der Waals surface area contributed by atoms with E-state index in [1.54, 1.807) is 30.3 Å². The number of aryl methyl sites for hydroxylation is 1. The van der Waals surface area contributed by atoms with Crippen LogP contribution in [0.2, 0.25) is 5.02 Å². The molecule has 3 aromatic carbocycles. The number of ether oxygens (including phenoxy) is 1. The Kier molecular flexibility index (Phi) is 7.14. The summed E-state index contributed by atoms with van der Waals surface area (Å²) in [7, 11) is 0. The maximum absolute atomic E-state index is 15.7. The fraction of sp³-hybridized carbons (Fsp3) is 0.206. The molecule has 1 N–H and O–H groups in total. The highest BCUT2D eigenvalue weighted by molar-refractivity contribution is 6.30. The minimum absolute atomic E-state index is 0.00304. The number of fused-ring (bicyclic) bond motifs is 2. The summed E-state index contributed by atoms with van der Waals surface area (Å²) in [5.41, 5.74) is 5.12. The molecular formula is C34H27ClF2N4O3. The maximum atomic E-state index is 15.7. The summed E-state index contributed by atoms with van der Waals surface area (Å²) >= 11 is 5.91. The summed E-state index contributed by atoms with van der Waals surface area (Å²) in [6.45, 7) is 3.30. The molecule has 0 radical (unpaired) electrons. The molecule has 44 heavy (non-hydrogen) atoms. The van der Waals surface area contributed by atoms with Crippen LogP contribution in [-0.4, -0.2) is 42.9 Å². The van der Waals surface area contributed by atoms with Crippen LogP contribution >= 0.6 is 11.6 Å². The van der Waals surface area contributed by atoms with Gasteiger partial charge in [-0.3, -0.25) is 0 Å². The van der Waals surface area contributed by atoms with Gasteiger partial charge in [-0.2, -0.15) is 0 Å². The molecule has 0 bridgehead atoms. The van der Waals surface area contributed by atoms with Gasteiger partial charge in [0.15, 0.2) is 0 Å². The van der Waals surface area contributed by atoms with Crippen molar-refractivity contribution in [3.8, 4) is 11.3 Å². The van der Waals surface area contributed by atoms with Crippen molar-refractivity contribution in [2.24, 2.45) is 0 Å². The summed E-state index contributed by atoms with van der Waals surface area (Å²) in [5.74, 6) is -1.16. The van der Waals surface area contributed by atoms with Crippen molar-refractivity contribution in [1.29, 1.82) is 0 Å². The van der Waals surface area contributed by atoms with Crippen molar-refractivity contribution in [3.63, 3.8) is 0 Å².